The first-order valence-electron chi connectivity index (χ1n) is 5.60. The van der Waals surface area contributed by atoms with Crippen molar-refractivity contribution in [1.29, 1.82) is 0 Å². The number of hydrogen-bond donors (Lipinski definition) is 0. The largest absolute Gasteiger partial charge is 0.346 e. The van der Waals surface area contributed by atoms with Gasteiger partial charge >= 0.3 is 0 Å². The molecule has 17 heavy (non-hydrogen) atoms. The molecule has 0 amide bonds. The second kappa shape index (κ2) is 5.38. The average molecular weight is 225 g/mol. The van der Waals surface area contributed by atoms with Gasteiger partial charge in [0, 0.05) is 6.20 Å². The molecule has 0 fully saturated rings. The predicted molar refractivity (Wildman–Crippen MR) is 69.4 cm³/mol. The van der Waals surface area contributed by atoms with E-state index in [2.05, 4.69) is 28.7 Å². The molecule has 1 aromatic carbocycles. The van der Waals surface area contributed by atoms with Crippen LogP contribution < -0.4 is 0 Å². The SMILES string of the molecule is C#CCO[C@@H](C)n1cccc1-c1ccccc1. The molecule has 1 heterocycles. The Balaban J connectivity index is 2.26. The van der Waals surface area contributed by atoms with Gasteiger partial charge in [-0.3, -0.25) is 0 Å². The molecule has 0 saturated heterocycles. The van der Waals surface area contributed by atoms with Crippen LogP contribution in [0.15, 0.2) is 48.7 Å². The molecule has 2 rings (SSSR count). The van der Waals surface area contributed by atoms with E-state index in [9.17, 15) is 0 Å². The van der Waals surface area contributed by atoms with E-state index in [4.69, 9.17) is 11.2 Å². The van der Waals surface area contributed by atoms with Crippen molar-refractivity contribution in [1.82, 2.24) is 4.57 Å². The Morgan fingerprint density at radius 1 is 1.24 bits per heavy atom. The van der Waals surface area contributed by atoms with Gasteiger partial charge in [-0.05, 0) is 24.6 Å². The van der Waals surface area contributed by atoms with Crippen molar-refractivity contribution in [3.8, 4) is 23.6 Å². The fraction of sp³-hybridized carbons (Fsp3) is 0.200. The zero-order valence-corrected chi connectivity index (χ0v) is 9.84. The Labute approximate surface area is 102 Å². The monoisotopic (exact) mass is 225 g/mol. The standard InChI is InChI=1S/C15H15NO/c1-3-12-17-13(2)16-11-7-10-15(16)14-8-5-4-6-9-14/h1,4-11,13H,12H2,2H3/t13-/m0/s1. The van der Waals surface area contributed by atoms with Gasteiger partial charge in [-0.25, -0.2) is 0 Å². The van der Waals surface area contributed by atoms with Crippen LogP contribution in [0.3, 0.4) is 0 Å². The van der Waals surface area contributed by atoms with E-state index in [1.807, 2.05) is 37.4 Å². The van der Waals surface area contributed by atoms with E-state index in [0.717, 1.165) is 5.69 Å². The van der Waals surface area contributed by atoms with E-state index in [1.54, 1.807) is 0 Å². The molecule has 2 aromatic rings. The lowest BCUT2D eigenvalue weighted by molar-refractivity contribution is 0.0397. The number of aromatic nitrogens is 1. The van der Waals surface area contributed by atoms with Crippen molar-refractivity contribution in [2.45, 2.75) is 13.2 Å². The Hall–Kier alpha value is -1.98. The van der Waals surface area contributed by atoms with Gasteiger partial charge in [-0.2, -0.15) is 0 Å². The van der Waals surface area contributed by atoms with Crippen LogP contribution in [0.2, 0.25) is 0 Å². The molecule has 1 aromatic heterocycles. The minimum Gasteiger partial charge on any atom is -0.346 e. The van der Waals surface area contributed by atoms with E-state index >= 15 is 0 Å². The number of ether oxygens (including phenoxy) is 1. The van der Waals surface area contributed by atoms with Gasteiger partial charge in [0.25, 0.3) is 0 Å². The maximum atomic E-state index is 5.52. The molecular weight excluding hydrogens is 210 g/mol. The van der Waals surface area contributed by atoms with Gasteiger partial charge in [0.05, 0.1) is 5.69 Å². The molecule has 1 atom stereocenters. The Morgan fingerprint density at radius 2 is 2.00 bits per heavy atom. The highest BCUT2D eigenvalue weighted by Gasteiger charge is 2.09. The number of terminal acetylenes is 1. The second-order valence-corrected chi connectivity index (χ2v) is 3.78. The highest BCUT2D eigenvalue weighted by atomic mass is 16.5. The smallest absolute Gasteiger partial charge is 0.132 e. The lowest BCUT2D eigenvalue weighted by atomic mass is 10.1. The molecule has 2 heteroatoms. The Bertz CT molecular complexity index is 507. The molecule has 0 saturated carbocycles. The Morgan fingerprint density at radius 3 is 2.71 bits per heavy atom. The first-order chi connectivity index (χ1) is 8.33. The van der Waals surface area contributed by atoms with Crippen molar-refractivity contribution in [3.63, 3.8) is 0 Å². The fourth-order valence-electron chi connectivity index (χ4n) is 1.81. The van der Waals surface area contributed by atoms with Crippen molar-refractivity contribution in [2.75, 3.05) is 6.61 Å². The molecule has 0 aliphatic rings. The molecule has 86 valence electrons. The summed E-state index contributed by atoms with van der Waals surface area (Å²) in [5, 5.41) is 0. The van der Waals surface area contributed by atoms with Crippen LogP contribution in [0, 0.1) is 12.3 Å². The van der Waals surface area contributed by atoms with Crippen LogP contribution in [-0.2, 0) is 4.74 Å². The number of benzene rings is 1. The summed E-state index contributed by atoms with van der Waals surface area (Å²) in [6, 6.07) is 14.3. The summed E-state index contributed by atoms with van der Waals surface area (Å²) in [6.45, 7) is 2.32. The molecule has 0 radical (unpaired) electrons. The molecular formula is C15H15NO. The predicted octanol–water partition coefficient (Wildman–Crippen LogP) is 3.32. The molecule has 0 spiro atoms. The van der Waals surface area contributed by atoms with Gasteiger partial charge in [-0.15, -0.1) is 6.42 Å². The lowest BCUT2D eigenvalue weighted by Crippen LogP contribution is -2.09. The topological polar surface area (TPSA) is 14.2 Å². The quantitative estimate of drug-likeness (QED) is 0.728. The summed E-state index contributed by atoms with van der Waals surface area (Å²) in [5.41, 5.74) is 2.31. The molecule has 0 N–H and O–H groups in total. The van der Waals surface area contributed by atoms with E-state index in [1.165, 1.54) is 5.56 Å². The van der Waals surface area contributed by atoms with E-state index in [-0.39, 0.29) is 6.23 Å². The molecule has 0 unspecified atom stereocenters. The van der Waals surface area contributed by atoms with Gasteiger partial charge in [0.15, 0.2) is 0 Å². The van der Waals surface area contributed by atoms with Crippen molar-refractivity contribution in [2.24, 2.45) is 0 Å². The summed E-state index contributed by atoms with van der Waals surface area (Å²) in [5.74, 6) is 2.48. The Kier molecular flexibility index (Phi) is 3.64. The summed E-state index contributed by atoms with van der Waals surface area (Å²) in [7, 11) is 0. The minimum atomic E-state index is -0.0590. The number of nitrogens with zero attached hydrogens (tertiary/aromatic N) is 1. The van der Waals surface area contributed by atoms with Gasteiger partial charge in [0.2, 0.25) is 0 Å². The third-order valence-corrected chi connectivity index (χ3v) is 2.65. The second-order valence-electron chi connectivity index (χ2n) is 3.78. The molecule has 0 aliphatic carbocycles. The lowest BCUT2D eigenvalue weighted by Gasteiger charge is -2.17. The summed E-state index contributed by atoms with van der Waals surface area (Å²) in [6.07, 6.45) is 7.14. The van der Waals surface area contributed by atoms with Crippen LogP contribution in [-0.4, -0.2) is 11.2 Å². The third kappa shape index (κ3) is 2.58. The fourth-order valence-corrected chi connectivity index (χ4v) is 1.81. The average Bonchev–Trinajstić information content (AvgIpc) is 2.86. The van der Waals surface area contributed by atoms with Crippen LogP contribution in [0.25, 0.3) is 11.3 Å². The third-order valence-electron chi connectivity index (χ3n) is 2.65. The van der Waals surface area contributed by atoms with Gasteiger partial charge in [-0.1, -0.05) is 36.3 Å². The zero-order valence-electron chi connectivity index (χ0n) is 9.84. The molecule has 0 aliphatic heterocycles. The van der Waals surface area contributed by atoms with E-state index < -0.39 is 0 Å². The highest BCUT2D eigenvalue weighted by molar-refractivity contribution is 5.59. The summed E-state index contributed by atoms with van der Waals surface area (Å²) in [4.78, 5) is 0. The van der Waals surface area contributed by atoms with Crippen LogP contribution in [0.5, 0.6) is 0 Å². The summed E-state index contributed by atoms with van der Waals surface area (Å²) >= 11 is 0. The highest BCUT2D eigenvalue weighted by Crippen LogP contribution is 2.23. The van der Waals surface area contributed by atoms with Crippen molar-refractivity contribution < 1.29 is 4.74 Å². The van der Waals surface area contributed by atoms with Gasteiger partial charge < -0.3 is 9.30 Å². The molecule has 0 bridgehead atoms. The maximum absolute atomic E-state index is 5.52. The first-order valence-corrected chi connectivity index (χ1v) is 5.60. The maximum Gasteiger partial charge on any atom is 0.132 e. The van der Waals surface area contributed by atoms with Crippen molar-refractivity contribution >= 4 is 0 Å². The summed E-state index contributed by atoms with van der Waals surface area (Å²) < 4.78 is 7.60. The van der Waals surface area contributed by atoms with Crippen LogP contribution in [0.4, 0.5) is 0 Å². The molecule has 2 nitrogen and oxygen atoms in total. The minimum absolute atomic E-state index is 0.0590. The number of hydrogen-bond acceptors (Lipinski definition) is 1. The number of rotatable bonds is 4. The first kappa shape index (κ1) is 11.5. The van der Waals surface area contributed by atoms with E-state index in [0.29, 0.717) is 6.61 Å². The van der Waals surface area contributed by atoms with Crippen molar-refractivity contribution in [3.05, 3.63) is 48.7 Å². The van der Waals surface area contributed by atoms with Gasteiger partial charge in [0.1, 0.15) is 12.8 Å². The zero-order chi connectivity index (χ0) is 12.1. The van der Waals surface area contributed by atoms with Crippen LogP contribution >= 0.6 is 0 Å². The van der Waals surface area contributed by atoms with Crippen LogP contribution in [0.1, 0.15) is 13.2 Å². The normalized spacial score (nSPS) is 12.0.